The Balaban J connectivity index is 1.25. The molecule has 0 saturated carbocycles. The van der Waals surface area contributed by atoms with Crippen molar-refractivity contribution in [2.75, 3.05) is 25.9 Å². The van der Waals surface area contributed by atoms with Crippen molar-refractivity contribution in [1.29, 1.82) is 0 Å². The minimum absolute atomic E-state index is 0.409. The van der Waals surface area contributed by atoms with Crippen molar-refractivity contribution in [2.45, 2.75) is 25.7 Å². The third-order valence-corrected chi connectivity index (χ3v) is 8.09. The first-order chi connectivity index (χ1) is 16.5. The highest BCUT2D eigenvalue weighted by Gasteiger charge is 2.40. The first-order valence-electron chi connectivity index (χ1n) is 11.9. The topological polar surface area (TPSA) is 57.2 Å². The number of amidine groups is 1. The summed E-state index contributed by atoms with van der Waals surface area (Å²) in [5.41, 5.74) is 11.9. The zero-order valence-corrected chi connectivity index (χ0v) is 20.1. The zero-order valence-electron chi connectivity index (χ0n) is 19.3. The summed E-state index contributed by atoms with van der Waals surface area (Å²) < 4.78 is 0. The van der Waals surface area contributed by atoms with E-state index in [1.54, 1.807) is 0 Å². The van der Waals surface area contributed by atoms with Crippen LogP contribution in [0.5, 0.6) is 0 Å². The fraction of sp³-hybridized carbons (Fsp3) is 0.286. The maximum Gasteiger partial charge on any atom is 0.141 e. The predicted octanol–water partition coefficient (Wildman–Crippen LogP) is 5.30. The third-order valence-electron chi connectivity index (χ3n) is 7.67. The van der Waals surface area contributed by atoms with E-state index in [1.165, 1.54) is 36.8 Å². The molecule has 1 spiro atoms. The number of piperidine rings is 1. The number of hydrogen-bond acceptors (Lipinski definition) is 5. The van der Waals surface area contributed by atoms with Crippen molar-refractivity contribution >= 4 is 34.9 Å². The molecule has 1 fully saturated rings. The first kappa shape index (κ1) is 21.2. The van der Waals surface area contributed by atoms with Gasteiger partial charge >= 0.3 is 0 Å². The number of halogens is 1. The number of aliphatic imine (C=N–C) groups is 2. The van der Waals surface area contributed by atoms with Crippen LogP contribution in [-0.2, 0) is 12.8 Å². The molecule has 0 aromatic heterocycles. The van der Waals surface area contributed by atoms with E-state index in [4.69, 9.17) is 27.3 Å². The molecule has 4 aliphatic rings. The normalized spacial score (nSPS) is 20.8. The van der Waals surface area contributed by atoms with Gasteiger partial charge in [-0.15, -0.1) is 0 Å². The van der Waals surface area contributed by atoms with Gasteiger partial charge in [-0.1, -0.05) is 48.0 Å². The van der Waals surface area contributed by atoms with E-state index in [9.17, 15) is 0 Å². The summed E-state index contributed by atoms with van der Waals surface area (Å²) in [6.07, 6.45) is 12.8. The van der Waals surface area contributed by atoms with Gasteiger partial charge in [0.2, 0.25) is 0 Å². The van der Waals surface area contributed by atoms with Crippen LogP contribution in [0, 0.1) is 5.41 Å². The SMILES string of the molecule is CN1C2=NC(N3CCC4(CC3)Cc3ccccc3C4)=CC=NC1=C(c1cccc(N)c1Cl)C=C2. The number of nitrogens with zero attached hydrogens (tertiary/aromatic N) is 4. The van der Waals surface area contributed by atoms with Gasteiger partial charge in [0, 0.05) is 37.5 Å². The summed E-state index contributed by atoms with van der Waals surface area (Å²) >= 11 is 6.52. The number of allylic oxidation sites excluding steroid dienone is 3. The molecule has 0 radical (unpaired) electrons. The average Bonchev–Trinajstić information content (AvgIpc) is 3.20. The van der Waals surface area contributed by atoms with Crippen molar-refractivity contribution in [3.8, 4) is 0 Å². The molecule has 0 unspecified atom stereocenters. The molecule has 3 aliphatic heterocycles. The molecule has 6 heteroatoms. The number of likely N-dealkylation sites (N-methyl/N-ethyl adjacent to an activating group) is 1. The Hall–Kier alpha value is -3.31. The summed E-state index contributed by atoms with van der Waals surface area (Å²) in [7, 11) is 2.00. The minimum Gasteiger partial charge on any atom is -0.398 e. The van der Waals surface area contributed by atoms with Crippen LogP contribution in [0.25, 0.3) is 5.57 Å². The second-order valence-electron chi connectivity index (χ2n) is 9.72. The Morgan fingerprint density at radius 3 is 2.44 bits per heavy atom. The highest BCUT2D eigenvalue weighted by molar-refractivity contribution is 6.35. The van der Waals surface area contributed by atoms with Gasteiger partial charge in [-0.2, -0.15) is 0 Å². The van der Waals surface area contributed by atoms with E-state index < -0.39 is 0 Å². The number of hydrogen-bond donors (Lipinski definition) is 1. The van der Waals surface area contributed by atoms with Crippen LogP contribution in [0.4, 0.5) is 5.69 Å². The van der Waals surface area contributed by atoms with E-state index in [-0.39, 0.29) is 0 Å². The summed E-state index contributed by atoms with van der Waals surface area (Å²) in [5, 5.41) is 0.549. The van der Waals surface area contributed by atoms with Crippen molar-refractivity contribution in [2.24, 2.45) is 15.4 Å². The first-order valence-corrected chi connectivity index (χ1v) is 12.3. The van der Waals surface area contributed by atoms with Gasteiger partial charge in [0.15, 0.2) is 0 Å². The van der Waals surface area contributed by atoms with E-state index in [1.807, 2.05) is 54.6 Å². The molecule has 6 rings (SSSR count). The monoisotopic (exact) mass is 469 g/mol. The Morgan fingerprint density at radius 1 is 0.971 bits per heavy atom. The number of nitrogen functional groups attached to an aromatic ring is 1. The molecule has 34 heavy (non-hydrogen) atoms. The quantitative estimate of drug-likeness (QED) is 0.607. The minimum atomic E-state index is 0.409. The fourth-order valence-electron chi connectivity index (χ4n) is 5.71. The van der Waals surface area contributed by atoms with Gasteiger partial charge in [-0.05, 0) is 66.5 Å². The second-order valence-corrected chi connectivity index (χ2v) is 10.1. The van der Waals surface area contributed by atoms with Gasteiger partial charge in [-0.3, -0.25) is 0 Å². The standard InChI is InChI=1S/C28H28ClN5/c1-33-24-10-9-22(21-7-4-8-23(30)26(21)29)27(33)31-14-11-25(32-24)34-15-12-28(13-16-34)17-19-5-2-3-6-20(19)18-28/h2-11,14H,12-13,15-18,30H2,1H3. The molecular weight excluding hydrogens is 442 g/mol. The molecular formula is C28H28ClN5. The average molecular weight is 470 g/mol. The number of rotatable bonds is 2. The van der Waals surface area contributed by atoms with E-state index in [2.05, 4.69) is 29.2 Å². The molecule has 2 N–H and O–H groups in total. The van der Waals surface area contributed by atoms with Crippen LogP contribution in [0.1, 0.15) is 29.5 Å². The molecule has 1 saturated heterocycles. The smallest absolute Gasteiger partial charge is 0.141 e. The van der Waals surface area contributed by atoms with Crippen LogP contribution in [-0.4, -0.2) is 42.0 Å². The van der Waals surface area contributed by atoms with Gasteiger partial charge in [0.1, 0.15) is 17.5 Å². The van der Waals surface area contributed by atoms with Crippen molar-refractivity contribution in [3.63, 3.8) is 0 Å². The molecule has 2 aromatic rings. The van der Waals surface area contributed by atoms with Gasteiger partial charge < -0.3 is 15.5 Å². The molecule has 3 heterocycles. The summed E-state index contributed by atoms with van der Waals surface area (Å²) in [6.45, 7) is 2.04. The zero-order chi connectivity index (χ0) is 23.3. The molecule has 1 aliphatic carbocycles. The van der Waals surface area contributed by atoms with Crippen LogP contribution in [0.2, 0.25) is 5.02 Å². The van der Waals surface area contributed by atoms with Crippen LogP contribution < -0.4 is 5.73 Å². The highest BCUT2D eigenvalue weighted by Crippen LogP contribution is 2.45. The van der Waals surface area contributed by atoms with Gasteiger partial charge in [0.25, 0.3) is 0 Å². The fourth-order valence-corrected chi connectivity index (χ4v) is 5.94. The highest BCUT2D eigenvalue weighted by atomic mass is 35.5. The van der Waals surface area contributed by atoms with Crippen molar-refractivity contribution in [3.05, 3.63) is 94.0 Å². The maximum atomic E-state index is 6.52. The molecule has 0 amide bonds. The number of benzene rings is 2. The molecule has 2 bridgehead atoms. The number of likely N-dealkylation sites (tertiary alicyclic amines) is 1. The number of anilines is 1. The lowest BCUT2D eigenvalue weighted by Gasteiger charge is -2.40. The Labute approximate surface area is 205 Å². The van der Waals surface area contributed by atoms with Crippen LogP contribution in [0.15, 0.2) is 82.3 Å². The number of fused-ring (bicyclic) bond motifs is 3. The van der Waals surface area contributed by atoms with Crippen molar-refractivity contribution < 1.29 is 0 Å². The Morgan fingerprint density at radius 2 is 1.71 bits per heavy atom. The lowest BCUT2D eigenvalue weighted by molar-refractivity contribution is 0.135. The Bertz CT molecular complexity index is 1280. The van der Waals surface area contributed by atoms with E-state index in [0.29, 0.717) is 16.1 Å². The molecule has 172 valence electrons. The lowest BCUT2D eigenvalue weighted by atomic mass is 9.76. The third kappa shape index (κ3) is 3.55. The largest absolute Gasteiger partial charge is 0.398 e. The lowest BCUT2D eigenvalue weighted by Crippen LogP contribution is -2.40. The summed E-state index contributed by atoms with van der Waals surface area (Å²) in [5.74, 6) is 2.66. The Kier molecular flexibility index (Phi) is 5.10. The maximum absolute atomic E-state index is 6.52. The van der Waals surface area contributed by atoms with Gasteiger partial charge in [0.05, 0.1) is 10.7 Å². The van der Waals surface area contributed by atoms with Crippen LogP contribution in [0.3, 0.4) is 0 Å². The van der Waals surface area contributed by atoms with E-state index >= 15 is 0 Å². The molecule has 5 nitrogen and oxygen atoms in total. The number of nitrogens with two attached hydrogens (primary N) is 1. The second kappa shape index (κ2) is 8.17. The molecule has 2 aromatic carbocycles. The van der Waals surface area contributed by atoms with Crippen molar-refractivity contribution in [1.82, 2.24) is 9.80 Å². The summed E-state index contributed by atoms with van der Waals surface area (Å²) in [6, 6.07) is 14.6. The predicted molar refractivity (Wildman–Crippen MR) is 141 cm³/mol. The molecule has 0 atom stereocenters. The van der Waals surface area contributed by atoms with E-state index in [0.717, 1.165) is 41.7 Å². The van der Waals surface area contributed by atoms with Crippen LogP contribution >= 0.6 is 11.6 Å². The van der Waals surface area contributed by atoms with Gasteiger partial charge in [-0.25, -0.2) is 9.98 Å². The summed E-state index contributed by atoms with van der Waals surface area (Å²) in [4.78, 5) is 14.3.